The van der Waals surface area contributed by atoms with Gasteiger partial charge < -0.3 is 5.32 Å². The van der Waals surface area contributed by atoms with E-state index in [-0.39, 0.29) is 12.6 Å². The molecule has 16 heavy (non-hydrogen) atoms. The summed E-state index contributed by atoms with van der Waals surface area (Å²) in [4.78, 5) is 0. The number of rotatable bonds is 2. The molecule has 1 aliphatic rings. The summed E-state index contributed by atoms with van der Waals surface area (Å²) < 4.78 is 26.4. The molecule has 0 saturated heterocycles. The van der Waals surface area contributed by atoms with Gasteiger partial charge in [0.15, 0.2) is 0 Å². The Bertz CT molecular complexity index is 437. The van der Waals surface area contributed by atoms with Crippen LogP contribution in [0.15, 0.2) is 12.1 Å². The van der Waals surface area contributed by atoms with Gasteiger partial charge in [0, 0.05) is 12.1 Å². The van der Waals surface area contributed by atoms with E-state index < -0.39 is 11.6 Å². The molecule has 0 aromatic heterocycles. The maximum Gasteiger partial charge on any atom is 0.129 e. The van der Waals surface area contributed by atoms with E-state index in [4.69, 9.17) is 5.26 Å². The molecule has 0 aliphatic heterocycles. The number of fused-ring (bicyclic) bond motifs is 1. The summed E-state index contributed by atoms with van der Waals surface area (Å²) in [5.41, 5.74) is 1.34. The Morgan fingerprint density at radius 2 is 2.25 bits per heavy atom. The van der Waals surface area contributed by atoms with Crippen molar-refractivity contribution in [2.45, 2.75) is 25.3 Å². The molecule has 0 saturated carbocycles. The van der Waals surface area contributed by atoms with Crippen molar-refractivity contribution in [2.75, 3.05) is 6.54 Å². The topological polar surface area (TPSA) is 35.8 Å². The molecule has 1 N–H and O–H groups in total. The van der Waals surface area contributed by atoms with E-state index in [1.807, 2.05) is 6.07 Å². The van der Waals surface area contributed by atoms with E-state index >= 15 is 0 Å². The highest BCUT2D eigenvalue weighted by molar-refractivity contribution is 5.32. The van der Waals surface area contributed by atoms with Crippen molar-refractivity contribution in [3.63, 3.8) is 0 Å². The van der Waals surface area contributed by atoms with E-state index in [2.05, 4.69) is 5.32 Å². The second-order valence-corrected chi connectivity index (χ2v) is 4.00. The zero-order valence-electron chi connectivity index (χ0n) is 8.76. The lowest BCUT2D eigenvalue weighted by atomic mass is 9.88. The molecule has 84 valence electrons. The van der Waals surface area contributed by atoms with Crippen molar-refractivity contribution >= 4 is 0 Å². The number of hydrogen-bond donors (Lipinski definition) is 1. The van der Waals surface area contributed by atoms with Crippen LogP contribution in [0.25, 0.3) is 0 Å². The fourth-order valence-corrected chi connectivity index (χ4v) is 2.17. The Hall–Kier alpha value is -1.47. The van der Waals surface area contributed by atoms with Crippen molar-refractivity contribution in [3.8, 4) is 6.07 Å². The van der Waals surface area contributed by atoms with Crippen molar-refractivity contribution < 1.29 is 8.78 Å². The molecule has 4 heteroatoms. The van der Waals surface area contributed by atoms with Crippen LogP contribution in [0.1, 0.15) is 17.5 Å². The van der Waals surface area contributed by atoms with E-state index in [1.165, 1.54) is 6.07 Å². The molecule has 0 unspecified atom stereocenters. The summed E-state index contributed by atoms with van der Waals surface area (Å²) in [6.07, 6.45) is 1.98. The fraction of sp³-hybridized carbons (Fsp3) is 0.417. The van der Waals surface area contributed by atoms with E-state index in [0.717, 1.165) is 18.1 Å². The molecule has 2 nitrogen and oxygen atoms in total. The number of nitrogens with zero attached hydrogens (tertiary/aromatic N) is 1. The van der Waals surface area contributed by atoms with Crippen molar-refractivity contribution in [1.29, 1.82) is 5.26 Å². The van der Waals surface area contributed by atoms with Crippen LogP contribution in [0, 0.1) is 23.0 Å². The molecule has 0 heterocycles. The van der Waals surface area contributed by atoms with Crippen LogP contribution < -0.4 is 5.32 Å². The summed E-state index contributed by atoms with van der Waals surface area (Å²) in [5.74, 6) is -0.981. The van der Waals surface area contributed by atoms with Crippen LogP contribution in [0.5, 0.6) is 0 Å². The van der Waals surface area contributed by atoms with E-state index in [0.29, 0.717) is 18.4 Å². The Morgan fingerprint density at radius 3 is 3.00 bits per heavy atom. The molecular weight excluding hydrogens is 210 g/mol. The molecule has 1 atom stereocenters. The number of halogens is 2. The third-order valence-corrected chi connectivity index (χ3v) is 2.93. The Labute approximate surface area is 92.9 Å². The average molecular weight is 222 g/mol. The molecule has 1 aromatic rings. The SMILES string of the molecule is N#CCN[C@H]1CCc2c(F)cc(F)cc2C1. The minimum absolute atomic E-state index is 0.147. The van der Waals surface area contributed by atoms with Crippen LogP contribution in [0.4, 0.5) is 8.78 Å². The third kappa shape index (κ3) is 2.20. The molecule has 0 fully saturated rings. The normalized spacial score (nSPS) is 18.9. The van der Waals surface area contributed by atoms with Gasteiger partial charge >= 0.3 is 0 Å². The average Bonchev–Trinajstić information content (AvgIpc) is 2.25. The molecule has 0 bridgehead atoms. The Balaban J connectivity index is 2.17. The second-order valence-electron chi connectivity index (χ2n) is 4.00. The highest BCUT2D eigenvalue weighted by Crippen LogP contribution is 2.25. The highest BCUT2D eigenvalue weighted by atomic mass is 19.1. The van der Waals surface area contributed by atoms with Crippen LogP contribution in [-0.2, 0) is 12.8 Å². The second kappa shape index (κ2) is 4.58. The summed E-state index contributed by atoms with van der Waals surface area (Å²) >= 11 is 0. The molecule has 0 amide bonds. The maximum atomic E-state index is 13.4. The van der Waals surface area contributed by atoms with Gasteiger partial charge in [0.05, 0.1) is 12.6 Å². The lowest BCUT2D eigenvalue weighted by molar-refractivity contribution is 0.463. The minimum Gasteiger partial charge on any atom is -0.301 e. The monoisotopic (exact) mass is 222 g/mol. The molecular formula is C12H12F2N2. The third-order valence-electron chi connectivity index (χ3n) is 2.93. The van der Waals surface area contributed by atoms with Gasteiger partial charge in [0.25, 0.3) is 0 Å². The van der Waals surface area contributed by atoms with Crippen LogP contribution >= 0.6 is 0 Å². The smallest absolute Gasteiger partial charge is 0.129 e. The first-order valence-corrected chi connectivity index (χ1v) is 5.28. The van der Waals surface area contributed by atoms with Crippen molar-refractivity contribution in [2.24, 2.45) is 0 Å². The lowest BCUT2D eigenvalue weighted by Gasteiger charge is -2.25. The van der Waals surface area contributed by atoms with Gasteiger partial charge in [-0.1, -0.05) is 0 Å². The summed E-state index contributed by atoms with van der Waals surface area (Å²) in [6, 6.07) is 4.47. The standard InChI is InChI=1S/C12H12F2N2/c13-9-5-8-6-10(16-4-3-15)1-2-11(8)12(14)7-9/h5,7,10,16H,1-2,4,6H2/t10-/m0/s1. The zero-order valence-corrected chi connectivity index (χ0v) is 8.76. The quantitative estimate of drug-likeness (QED) is 0.776. The number of nitriles is 1. The van der Waals surface area contributed by atoms with Crippen molar-refractivity contribution in [1.82, 2.24) is 5.32 Å². The number of nitrogens with one attached hydrogen (secondary N) is 1. The van der Waals surface area contributed by atoms with Gasteiger partial charge in [-0.25, -0.2) is 8.78 Å². The molecule has 1 aromatic carbocycles. The predicted octanol–water partition coefficient (Wildman–Crippen LogP) is 1.94. The van der Waals surface area contributed by atoms with E-state index in [9.17, 15) is 8.78 Å². The van der Waals surface area contributed by atoms with Crippen LogP contribution in [0.2, 0.25) is 0 Å². The Kier molecular flexibility index (Phi) is 3.16. The van der Waals surface area contributed by atoms with E-state index in [1.54, 1.807) is 0 Å². The summed E-state index contributed by atoms with van der Waals surface area (Å²) in [7, 11) is 0. The molecule has 2 rings (SSSR count). The van der Waals surface area contributed by atoms with Crippen LogP contribution in [0.3, 0.4) is 0 Å². The van der Waals surface area contributed by atoms with Gasteiger partial charge in [-0.05, 0) is 36.5 Å². The molecule has 0 radical (unpaired) electrons. The van der Waals surface area contributed by atoms with Gasteiger partial charge in [0.1, 0.15) is 11.6 Å². The van der Waals surface area contributed by atoms with Gasteiger partial charge in [-0.2, -0.15) is 5.26 Å². The number of benzene rings is 1. The lowest BCUT2D eigenvalue weighted by Crippen LogP contribution is -2.35. The molecule has 0 spiro atoms. The highest BCUT2D eigenvalue weighted by Gasteiger charge is 2.21. The largest absolute Gasteiger partial charge is 0.301 e. The van der Waals surface area contributed by atoms with Gasteiger partial charge in [-0.3, -0.25) is 0 Å². The maximum absolute atomic E-state index is 13.4. The predicted molar refractivity (Wildman–Crippen MR) is 55.8 cm³/mol. The summed E-state index contributed by atoms with van der Waals surface area (Å²) in [5, 5.41) is 11.5. The Morgan fingerprint density at radius 1 is 1.44 bits per heavy atom. The van der Waals surface area contributed by atoms with Gasteiger partial charge in [-0.15, -0.1) is 0 Å². The van der Waals surface area contributed by atoms with Crippen LogP contribution in [-0.4, -0.2) is 12.6 Å². The first-order chi connectivity index (χ1) is 7.70. The van der Waals surface area contributed by atoms with Crippen molar-refractivity contribution in [3.05, 3.63) is 34.9 Å². The fourth-order valence-electron chi connectivity index (χ4n) is 2.17. The summed E-state index contributed by atoms with van der Waals surface area (Å²) in [6.45, 7) is 0.276. The van der Waals surface area contributed by atoms with Gasteiger partial charge in [0.2, 0.25) is 0 Å². The zero-order chi connectivity index (χ0) is 11.5. The first-order valence-electron chi connectivity index (χ1n) is 5.28. The minimum atomic E-state index is -0.530. The molecule has 1 aliphatic carbocycles. The first kappa shape index (κ1) is 11.0. The number of hydrogen-bond acceptors (Lipinski definition) is 2.